The normalized spacial score (nSPS) is 26.7. The van der Waals surface area contributed by atoms with Crippen LogP contribution < -0.4 is 0 Å². The van der Waals surface area contributed by atoms with Crippen LogP contribution in [0.5, 0.6) is 0 Å². The molecule has 10 heteroatoms. The van der Waals surface area contributed by atoms with E-state index >= 15 is 0 Å². The monoisotopic (exact) mass is 521 g/mol. The molecule has 3 aliphatic rings. The molecule has 3 saturated heterocycles. The first-order valence-electron chi connectivity index (χ1n) is 13.0. The highest BCUT2D eigenvalue weighted by Gasteiger charge is 2.55. The van der Waals surface area contributed by atoms with E-state index in [1.807, 2.05) is 33.8 Å². The van der Waals surface area contributed by atoms with Crippen molar-refractivity contribution < 1.29 is 27.6 Å². The van der Waals surface area contributed by atoms with E-state index < -0.39 is 28.3 Å². The first-order chi connectivity index (χ1) is 17.1. The van der Waals surface area contributed by atoms with Crippen LogP contribution in [0.2, 0.25) is 0 Å². The maximum absolute atomic E-state index is 13.8. The number of fused-ring (bicyclic) bond motifs is 1. The maximum Gasteiger partial charge on any atom is 0.256 e. The van der Waals surface area contributed by atoms with Gasteiger partial charge in [0, 0.05) is 19.3 Å². The fraction of sp³-hybridized carbons (Fsp3) is 0.692. The Kier molecular flexibility index (Phi) is 8.38. The molecule has 1 aromatic carbocycles. The average Bonchev–Trinajstić information content (AvgIpc) is 2.82. The van der Waals surface area contributed by atoms with E-state index in [2.05, 4.69) is 0 Å². The molecular weight excluding hydrogens is 482 g/mol. The molecule has 3 fully saturated rings. The predicted octanol–water partition coefficient (Wildman–Crippen LogP) is 2.77. The molecule has 0 bridgehead atoms. The fourth-order valence-corrected chi connectivity index (χ4v) is 6.92. The van der Waals surface area contributed by atoms with Gasteiger partial charge < -0.3 is 14.5 Å². The third-order valence-corrected chi connectivity index (χ3v) is 8.64. The highest BCUT2D eigenvalue weighted by atomic mass is 32.2. The lowest BCUT2D eigenvalue weighted by Crippen LogP contribution is -2.74. The Bertz CT molecular complexity index is 1030. The number of sulfonamides is 1. The smallest absolute Gasteiger partial charge is 0.256 e. The Morgan fingerprint density at radius 3 is 2.19 bits per heavy atom. The number of amides is 2. The molecule has 0 spiro atoms. The van der Waals surface area contributed by atoms with Gasteiger partial charge in [-0.15, -0.1) is 0 Å². The molecule has 0 radical (unpaired) electrons. The quantitative estimate of drug-likeness (QED) is 0.522. The fourth-order valence-electron chi connectivity index (χ4n) is 5.41. The van der Waals surface area contributed by atoms with Crippen molar-refractivity contribution >= 4 is 21.8 Å². The van der Waals surface area contributed by atoms with Crippen LogP contribution in [0.1, 0.15) is 58.9 Å². The summed E-state index contributed by atoms with van der Waals surface area (Å²) in [5.41, 5.74) is 0.636. The van der Waals surface area contributed by atoms with Crippen molar-refractivity contribution in [3.63, 3.8) is 0 Å². The molecule has 0 aliphatic carbocycles. The van der Waals surface area contributed by atoms with Gasteiger partial charge in [-0.25, -0.2) is 8.42 Å². The number of ether oxygens (including phenoxy) is 1. The number of hydrogen-bond donors (Lipinski definition) is 0. The van der Waals surface area contributed by atoms with Crippen molar-refractivity contribution in [1.29, 1.82) is 0 Å². The van der Waals surface area contributed by atoms with E-state index in [0.29, 0.717) is 44.5 Å². The largest absolute Gasteiger partial charge is 0.381 e. The Labute approximate surface area is 214 Å². The molecule has 3 atom stereocenters. The van der Waals surface area contributed by atoms with Gasteiger partial charge in [0.2, 0.25) is 15.9 Å². The number of hydroxylamine groups is 1. The minimum absolute atomic E-state index is 0.0507. The van der Waals surface area contributed by atoms with Crippen LogP contribution in [0, 0.1) is 11.8 Å². The van der Waals surface area contributed by atoms with Crippen LogP contribution >= 0.6 is 0 Å². The number of benzene rings is 1. The van der Waals surface area contributed by atoms with E-state index in [0.717, 1.165) is 4.47 Å². The summed E-state index contributed by atoms with van der Waals surface area (Å²) in [6.45, 7) is 9.15. The van der Waals surface area contributed by atoms with Gasteiger partial charge in [0.1, 0.15) is 12.2 Å². The second-order valence-corrected chi connectivity index (χ2v) is 12.7. The van der Waals surface area contributed by atoms with Crippen LogP contribution in [0.4, 0.5) is 0 Å². The molecule has 200 valence electrons. The van der Waals surface area contributed by atoms with Crippen LogP contribution in [0.25, 0.3) is 0 Å². The number of rotatable bonds is 8. The Hall–Kier alpha value is -2.01. The number of hydrogen-bond acceptors (Lipinski definition) is 6. The Morgan fingerprint density at radius 2 is 1.58 bits per heavy atom. The van der Waals surface area contributed by atoms with Crippen molar-refractivity contribution in [3.05, 3.63) is 35.9 Å². The van der Waals surface area contributed by atoms with Gasteiger partial charge in [0.25, 0.3) is 5.91 Å². The molecule has 36 heavy (non-hydrogen) atoms. The topological polar surface area (TPSA) is 96.5 Å². The molecule has 0 saturated carbocycles. The third-order valence-electron chi connectivity index (χ3n) is 7.07. The highest BCUT2D eigenvalue weighted by Crippen LogP contribution is 2.35. The van der Waals surface area contributed by atoms with Gasteiger partial charge in [0.05, 0.1) is 12.3 Å². The predicted molar refractivity (Wildman–Crippen MR) is 135 cm³/mol. The van der Waals surface area contributed by atoms with Gasteiger partial charge in [-0.3, -0.25) is 14.4 Å². The summed E-state index contributed by atoms with van der Waals surface area (Å²) in [6, 6.07) is 8.17. The van der Waals surface area contributed by atoms with Crippen LogP contribution in [0.15, 0.2) is 30.3 Å². The zero-order valence-electron chi connectivity index (χ0n) is 21.7. The van der Waals surface area contributed by atoms with Gasteiger partial charge in [-0.1, -0.05) is 62.5 Å². The number of carbonyl (C=O) groups is 2. The zero-order valence-corrected chi connectivity index (χ0v) is 22.5. The van der Waals surface area contributed by atoms with Crippen molar-refractivity contribution in [1.82, 2.24) is 14.3 Å². The summed E-state index contributed by atoms with van der Waals surface area (Å²) in [7, 11) is -3.97. The van der Waals surface area contributed by atoms with Gasteiger partial charge in [-0.05, 0) is 43.1 Å². The molecule has 2 amide bonds. The molecule has 9 nitrogen and oxygen atoms in total. The van der Waals surface area contributed by atoms with E-state index in [1.54, 1.807) is 29.2 Å². The number of carbonyl (C=O) groups excluding carboxylic acids is 2. The van der Waals surface area contributed by atoms with Crippen molar-refractivity contribution in [2.75, 3.05) is 19.8 Å². The summed E-state index contributed by atoms with van der Waals surface area (Å²) in [5.74, 6) is -0.406. The van der Waals surface area contributed by atoms with Gasteiger partial charge in [-0.2, -0.15) is 0 Å². The summed E-state index contributed by atoms with van der Waals surface area (Å²) >= 11 is 0. The minimum Gasteiger partial charge on any atom is -0.381 e. The summed E-state index contributed by atoms with van der Waals surface area (Å²) in [4.78, 5) is 36.9. The molecule has 0 aromatic heterocycles. The van der Waals surface area contributed by atoms with Gasteiger partial charge in [0.15, 0.2) is 6.10 Å². The second kappa shape index (κ2) is 11.2. The lowest BCUT2D eigenvalue weighted by atomic mass is 9.94. The van der Waals surface area contributed by atoms with Crippen LogP contribution in [-0.4, -0.2) is 78.6 Å². The molecule has 3 aliphatic heterocycles. The average molecular weight is 522 g/mol. The molecular formula is C26H39N3O6S. The molecule has 1 unspecified atom stereocenters. The van der Waals surface area contributed by atoms with E-state index in [9.17, 15) is 18.0 Å². The third kappa shape index (κ3) is 5.77. The van der Waals surface area contributed by atoms with E-state index in [1.165, 1.54) is 4.90 Å². The Morgan fingerprint density at radius 1 is 0.944 bits per heavy atom. The van der Waals surface area contributed by atoms with E-state index in [4.69, 9.17) is 9.57 Å². The molecule has 4 rings (SSSR count). The van der Waals surface area contributed by atoms with Crippen molar-refractivity contribution in [2.45, 2.75) is 83.5 Å². The van der Waals surface area contributed by atoms with Crippen LogP contribution in [0.3, 0.4) is 0 Å². The molecule has 1 aromatic rings. The first kappa shape index (κ1) is 27.0. The summed E-state index contributed by atoms with van der Waals surface area (Å²) < 4.78 is 34.1. The van der Waals surface area contributed by atoms with E-state index in [-0.39, 0.29) is 42.0 Å². The zero-order chi connectivity index (χ0) is 26.0. The second-order valence-electron chi connectivity index (χ2n) is 10.9. The standard InChI is InChI=1S/C26H39N3O6S/c1-18(2)14-22-25(30)27(21-10-12-34-13-11-21)16-24-28(22)26(31)23(15-19(3)4)35-29(24)36(32,33)17-20-8-6-5-7-9-20/h5-9,18-19,21-24H,10-17H2,1-4H3/t22-,23+,24?/m0/s1. The minimum atomic E-state index is -3.97. The molecule has 0 N–H and O–H groups in total. The Balaban J connectivity index is 1.74. The van der Waals surface area contributed by atoms with Crippen molar-refractivity contribution in [3.8, 4) is 0 Å². The van der Waals surface area contributed by atoms with Crippen molar-refractivity contribution in [2.24, 2.45) is 11.8 Å². The number of nitrogens with zero attached hydrogens (tertiary/aromatic N) is 3. The van der Waals surface area contributed by atoms with Gasteiger partial charge >= 0.3 is 0 Å². The highest BCUT2D eigenvalue weighted by molar-refractivity contribution is 7.88. The SMILES string of the molecule is CC(C)C[C@H]1ON(S(=O)(=O)Cc2ccccc2)C2CN(C3CCOCC3)C(=O)[C@H](CC(C)C)N2C1=O. The van der Waals surface area contributed by atoms with Crippen LogP contribution in [-0.2, 0) is 34.9 Å². The first-order valence-corrected chi connectivity index (χ1v) is 14.6. The maximum atomic E-state index is 13.8. The summed E-state index contributed by atoms with van der Waals surface area (Å²) in [5, 5.41) is 0. The summed E-state index contributed by atoms with van der Waals surface area (Å²) in [6.07, 6.45) is 0.346. The lowest BCUT2D eigenvalue weighted by molar-refractivity contribution is -0.249. The molecule has 3 heterocycles. The lowest BCUT2D eigenvalue weighted by Gasteiger charge is -2.54. The number of piperazine rings is 1.